The van der Waals surface area contributed by atoms with E-state index in [0.29, 0.717) is 5.56 Å². The van der Waals surface area contributed by atoms with Crippen molar-refractivity contribution in [1.29, 1.82) is 5.41 Å². The summed E-state index contributed by atoms with van der Waals surface area (Å²) in [5.74, 6) is -0.722. The van der Waals surface area contributed by atoms with Crippen molar-refractivity contribution < 1.29 is 13.9 Å². The van der Waals surface area contributed by atoms with Crippen LogP contribution in [0.15, 0.2) is 18.2 Å². The number of nitrogens with one attached hydrogen (secondary N) is 1. The van der Waals surface area contributed by atoms with E-state index in [2.05, 4.69) is 0 Å². The maximum Gasteiger partial charge on any atom is 0.139 e. The lowest BCUT2D eigenvalue weighted by molar-refractivity contribution is -0.0369. The summed E-state index contributed by atoms with van der Waals surface area (Å²) in [4.78, 5) is 0. The third-order valence-corrected chi connectivity index (χ3v) is 3.75. The third kappa shape index (κ3) is 3.55. The Morgan fingerprint density at radius 3 is 2.85 bits per heavy atom. The first-order chi connectivity index (χ1) is 9.61. The molecule has 0 amide bonds. The molecule has 0 saturated heterocycles. The number of halogens is 1. The normalized spacial score (nSPS) is 22.7. The van der Waals surface area contributed by atoms with Crippen LogP contribution < -0.4 is 5.73 Å². The van der Waals surface area contributed by atoms with Gasteiger partial charge in [-0.15, -0.1) is 0 Å². The molecule has 0 bridgehead atoms. The van der Waals surface area contributed by atoms with E-state index in [-0.39, 0.29) is 30.2 Å². The fourth-order valence-corrected chi connectivity index (χ4v) is 2.57. The number of ether oxygens (including phenoxy) is 2. The number of amidine groups is 1. The molecular formula is C15H21FN2O2. The molecule has 110 valence electrons. The van der Waals surface area contributed by atoms with Crippen LogP contribution in [-0.4, -0.2) is 25.2 Å². The number of hydrogen-bond acceptors (Lipinski definition) is 3. The molecule has 0 aliphatic heterocycles. The van der Waals surface area contributed by atoms with Crippen LogP contribution in [0, 0.1) is 11.2 Å². The highest BCUT2D eigenvalue weighted by atomic mass is 19.1. The smallest absolute Gasteiger partial charge is 0.139 e. The molecule has 1 saturated carbocycles. The van der Waals surface area contributed by atoms with Crippen molar-refractivity contribution in [3.05, 3.63) is 35.1 Å². The summed E-state index contributed by atoms with van der Waals surface area (Å²) in [6.07, 6.45) is 4.30. The van der Waals surface area contributed by atoms with E-state index in [9.17, 15) is 4.39 Å². The van der Waals surface area contributed by atoms with Gasteiger partial charge in [0.1, 0.15) is 11.7 Å². The molecule has 4 nitrogen and oxygen atoms in total. The predicted octanol–water partition coefficient (Wildman–Crippen LogP) is 2.58. The summed E-state index contributed by atoms with van der Waals surface area (Å²) < 4.78 is 25.2. The zero-order valence-electron chi connectivity index (χ0n) is 11.7. The molecule has 1 aliphatic carbocycles. The molecule has 1 aromatic carbocycles. The molecule has 5 heteroatoms. The van der Waals surface area contributed by atoms with Crippen molar-refractivity contribution in [1.82, 2.24) is 0 Å². The van der Waals surface area contributed by atoms with Crippen molar-refractivity contribution in [2.24, 2.45) is 5.73 Å². The van der Waals surface area contributed by atoms with Crippen molar-refractivity contribution in [3.8, 4) is 0 Å². The van der Waals surface area contributed by atoms with Crippen LogP contribution in [0.2, 0.25) is 0 Å². The van der Waals surface area contributed by atoms with Gasteiger partial charge in [0.25, 0.3) is 0 Å². The molecule has 1 aliphatic rings. The standard InChI is InChI=1S/C15H21FN2O2/c1-19-11-5-3-6-12(8-11)20-9-10-4-2-7-13(14(10)16)15(17)18/h2,4,7,11-12H,3,5-6,8-9H2,1H3,(H3,17,18). The van der Waals surface area contributed by atoms with Crippen LogP contribution in [0.1, 0.15) is 36.8 Å². The Balaban J connectivity index is 1.97. The Kier molecular flexibility index (Phi) is 5.09. The molecule has 0 aromatic heterocycles. The van der Waals surface area contributed by atoms with E-state index in [1.807, 2.05) is 0 Å². The van der Waals surface area contributed by atoms with E-state index in [0.717, 1.165) is 25.7 Å². The van der Waals surface area contributed by atoms with Crippen molar-refractivity contribution in [2.75, 3.05) is 7.11 Å². The van der Waals surface area contributed by atoms with Gasteiger partial charge in [-0.2, -0.15) is 0 Å². The molecule has 0 heterocycles. The van der Waals surface area contributed by atoms with Crippen LogP contribution >= 0.6 is 0 Å². The maximum absolute atomic E-state index is 14.1. The first-order valence-corrected chi connectivity index (χ1v) is 6.88. The fraction of sp³-hybridized carbons (Fsp3) is 0.533. The minimum absolute atomic E-state index is 0.106. The van der Waals surface area contributed by atoms with E-state index >= 15 is 0 Å². The van der Waals surface area contributed by atoms with Gasteiger partial charge in [-0.1, -0.05) is 12.1 Å². The average Bonchev–Trinajstić information content (AvgIpc) is 2.46. The molecule has 2 rings (SSSR count). The number of methoxy groups -OCH3 is 1. The van der Waals surface area contributed by atoms with Gasteiger partial charge in [-0.3, -0.25) is 5.41 Å². The Hall–Kier alpha value is -1.46. The topological polar surface area (TPSA) is 68.3 Å². The van der Waals surface area contributed by atoms with E-state index in [1.165, 1.54) is 6.07 Å². The second kappa shape index (κ2) is 6.81. The zero-order valence-corrected chi connectivity index (χ0v) is 11.7. The molecule has 0 radical (unpaired) electrons. The van der Waals surface area contributed by atoms with E-state index < -0.39 is 5.82 Å². The van der Waals surface area contributed by atoms with Crippen molar-refractivity contribution >= 4 is 5.84 Å². The monoisotopic (exact) mass is 280 g/mol. The highest BCUT2D eigenvalue weighted by Gasteiger charge is 2.22. The summed E-state index contributed by atoms with van der Waals surface area (Å²) >= 11 is 0. The van der Waals surface area contributed by atoms with Gasteiger partial charge >= 0.3 is 0 Å². The Morgan fingerprint density at radius 2 is 2.15 bits per heavy atom. The van der Waals surface area contributed by atoms with E-state index in [4.69, 9.17) is 20.6 Å². The minimum Gasteiger partial charge on any atom is -0.384 e. The molecule has 2 atom stereocenters. The highest BCUT2D eigenvalue weighted by molar-refractivity contribution is 5.95. The number of nitrogen functional groups attached to an aromatic ring is 1. The largest absolute Gasteiger partial charge is 0.384 e. The van der Waals surface area contributed by atoms with Crippen molar-refractivity contribution in [2.45, 2.75) is 44.5 Å². The molecule has 20 heavy (non-hydrogen) atoms. The van der Waals surface area contributed by atoms with Crippen LogP contribution in [-0.2, 0) is 16.1 Å². The number of rotatable bonds is 5. The minimum atomic E-state index is -0.459. The third-order valence-electron chi connectivity index (χ3n) is 3.75. The molecule has 2 unspecified atom stereocenters. The number of benzene rings is 1. The van der Waals surface area contributed by atoms with Gasteiger partial charge in [0.05, 0.1) is 24.4 Å². The lowest BCUT2D eigenvalue weighted by atomic mass is 9.95. The lowest BCUT2D eigenvalue weighted by Crippen LogP contribution is -2.27. The van der Waals surface area contributed by atoms with Crippen LogP contribution in [0.4, 0.5) is 4.39 Å². The quantitative estimate of drug-likeness (QED) is 0.643. The van der Waals surface area contributed by atoms with Gasteiger partial charge in [-0.25, -0.2) is 4.39 Å². The second-order valence-electron chi connectivity index (χ2n) is 5.15. The predicted molar refractivity (Wildman–Crippen MR) is 75.3 cm³/mol. The van der Waals surface area contributed by atoms with Gasteiger partial charge in [0.2, 0.25) is 0 Å². The van der Waals surface area contributed by atoms with Crippen LogP contribution in [0.5, 0.6) is 0 Å². The first kappa shape index (κ1) is 14.9. The molecule has 0 spiro atoms. The van der Waals surface area contributed by atoms with Crippen LogP contribution in [0.3, 0.4) is 0 Å². The molecular weight excluding hydrogens is 259 g/mol. The lowest BCUT2D eigenvalue weighted by Gasteiger charge is -2.28. The Morgan fingerprint density at radius 1 is 1.40 bits per heavy atom. The Bertz CT molecular complexity index is 479. The second-order valence-corrected chi connectivity index (χ2v) is 5.15. The first-order valence-electron chi connectivity index (χ1n) is 6.88. The number of nitrogens with two attached hydrogens (primary N) is 1. The summed E-state index contributed by atoms with van der Waals surface area (Å²) in [5.41, 5.74) is 5.92. The van der Waals surface area contributed by atoms with Crippen LogP contribution in [0.25, 0.3) is 0 Å². The summed E-state index contributed by atoms with van der Waals surface area (Å²) in [5, 5.41) is 7.33. The van der Waals surface area contributed by atoms with E-state index in [1.54, 1.807) is 19.2 Å². The summed E-state index contributed by atoms with van der Waals surface area (Å²) in [6, 6.07) is 4.86. The van der Waals surface area contributed by atoms with Crippen molar-refractivity contribution in [3.63, 3.8) is 0 Å². The fourth-order valence-electron chi connectivity index (χ4n) is 2.57. The highest BCUT2D eigenvalue weighted by Crippen LogP contribution is 2.24. The summed E-state index contributed by atoms with van der Waals surface area (Å²) in [7, 11) is 1.71. The summed E-state index contributed by atoms with van der Waals surface area (Å²) in [6.45, 7) is 0.202. The average molecular weight is 280 g/mol. The zero-order chi connectivity index (χ0) is 14.5. The molecule has 1 aromatic rings. The SMILES string of the molecule is COC1CCCC(OCc2cccc(C(=N)N)c2F)C1. The maximum atomic E-state index is 14.1. The van der Waals surface area contributed by atoms with Gasteiger partial charge < -0.3 is 15.2 Å². The number of hydrogen-bond donors (Lipinski definition) is 2. The Labute approximate surface area is 118 Å². The van der Waals surface area contributed by atoms with Gasteiger partial charge in [0, 0.05) is 12.7 Å². The van der Waals surface area contributed by atoms with Gasteiger partial charge in [0.15, 0.2) is 0 Å². The van der Waals surface area contributed by atoms with Gasteiger partial charge in [-0.05, 0) is 31.7 Å². The molecule has 1 fully saturated rings. The molecule has 3 N–H and O–H groups in total.